The second-order valence-electron chi connectivity index (χ2n) is 7.32. The highest BCUT2D eigenvalue weighted by Gasteiger charge is 2.72. The normalized spacial score (nSPS) is 26.1. The minimum Gasteiger partial charge on any atom is -0.461 e. The first-order chi connectivity index (χ1) is 14.2. The molecule has 7 nitrogen and oxygen atoms in total. The van der Waals surface area contributed by atoms with Crippen LogP contribution in [0, 0.1) is 11.8 Å². The van der Waals surface area contributed by atoms with Crippen molar-refractivity contribution in [1.82, 2.24) is 15.0 Å². The third-order valence-electron chi connectivity index (χ3n) is 5.94. The summed E-state index contributed by atoms with van der Waals surface area (Å²) in [5.41, 5.74) is 1.31. The predicted octanol–water partition coefficient (Wildman–Crippen LogP) is 2.39. The third-order valence-corrected chi connectivity index (χ3v) is 6.69. The molecule has 1 aliphatic carbocycles. The Labute approximate surface area is 173 Å². The van der Waals surface area contributed by atoms with E-state index in [4.69, 9.17) is 10.5 Å². The smallest absolute Gasteiger partial charge is 0.256 e. The summed E-state index contributed by atoms with van der Waals surface area (Å²) in [7, 11) is 0. The number of aromatic nitrogens is 3. The van der Waals surface area contributed by atoms with Gasteiger partial charge in [0.2, 0.25) is 17.8 Å². The number of nitrogens with one attached hydrogen (secondary N) is 1. The zero-order chi connectivity index (χ0) is 21.4. The van der Waals surface area contributed by atoms with Crippen molar-refractivity contribution in [2.45, 2.75) is 28.9 Å². The van der Waals surface area contributed by atoms with E-state index in [0.29, 0.717) is 11.6 Å². The molecule has 5 rings (SSSR count). The van der Waals surface area contributed by atoms with E-state index in [-0.39, 0.29) is 28.6 Å². The number of thioether (sulfide) groups is 1. The number of nitrogens with zero attached hydrogens (tertiary/aromatic N) is 2. The summed E-state index contributed by atoms with van der Waals surface area (Å²) >= 11 is 1.52. The van der Waals surface area contributed by atoms with E-state index in [1.807, 2.05) is 18.4 Å². The van der Waals surface area contributed by atoms with Gasteiger partial charge < -0.3 is 15.6 Å². The van der Waals surface area contributed by atoms with Crippen molar-refractivity contribution in [3.05, 3.63) is 74.8 Å². The summed E-state index contributed by atoms with van der Waals surface area (Å²) in [6.07, 6.45) is 1.91. The Morgan fingerprint density at radius 3 is 2.63 bits per heavy atom. The van der Waals surface area contributed by atoms with E-state index in [0.717, 1.165) is 4.90 Å². The highest BCUT2D eigenvalue weighted by atomic mass is 32.2. The van der Waals surface area contributed by atoms with Crippen LogP contribution in [-0.2, 0) is 11.2 Å². The van der Waals surface area contributed by atoms with Gasteiger partial charge in [0.25, 0.3) is 5.56 Å². The highest BCUT2D eigenvalue weighted by Crippen LogP contribution is 2.65. The van der Waals surface area contributed by atoms with Crippen molar-refractivity contribution < 1.29 is 18.6 Å². The maximum absolute atomic E-state index is 15.0. The molecule has 0 amide bonds. The van der Waals surface area contributed by atoms with Crippen LogP contribution in [0.25, 0.3) is 0 Å². The number of benzene rings is 1. The Bertz CT molecular complexity index is 1270. The zero-order valence-electron chi connectivity index (χ0n) is 15.9. The maximum Gasteiger partial charge on any atom is 0.256 e. The number of anilines is 1. The lowest BCUT2D eigenvalue weighted by Gasteiger charge is -2.38. The van der Waals surface area contributed by atoms with Crippen LogP contribution in [0.3, 0.4) is 0 Å². The molecule has 4 N–H and O–H groups in total. The Balaban J connectivity index is 1.91. The van der Waals surface area contributed by atoms with Gasteiger partial charge in [-0.15, -0.1) is 11.8 Å². The van der Waals surface area contributed by atoms with Gasteiger partial charge in [-0.05, 0) is 24.0 Å². The molecule has 0 unspecified atom stereocenters. The molecule has 154 valence electrons. The second-order valence-corrected chi connectivity index (χ2v) is 8.20. The molecule has 0 saturated carbocycles. The average Bonchev–Trinajstić information content (AvgIpc) is 3.06. The molecule has 0 spiro atoms. The third kappa shape index (κ3) is 2.09. The number of nitrogen functional groups attached to an aromatic ring is 1. The van der Waals surface area contributed by atoms with E-state index in [9.17, 15) is 18.7 Å². The van der Waals surface area contributed by atoms with Gasteiger partial charge in [0.1, 0.15) is 5.82 Å². The fourth-order valence-electron chi connectivity index (χ4n) is 4.71. The molecule has 3 heterocycles. The van der Waals surface area contributed by atoms with Gasteiger partial charge in [-0.25, -0.2) is 9.37 Å². The van der Waals surface area contributed by atoms with Crippen LogP contribution in [0.5, 0.6) is 5.88 Å². The molecule has 0 bridgehead atoms. The SMILES string of the molecule is CSc1ccc([C@@]23Oc4nc(F)cc(F)c4[C@]2(O)c2nc(N)[nH]c(=O)c2[C@H]3C)cc1. The van der Waals surface area contributed by atoms with Crippen LogP contribution in [0.2, 0.25) is 0 Å². The van der Waals surface area contributed by atoms with Crippen LogP contribution in [-0.4, -0.2) is 26.3 Å². The number of nitrogens with two attached hydrogens (primary N) is 1. The summed E-state index contributed by atoms with van der Waals surface area (Å²) < 4.78 is 34.9. The van der Waals surface area contributed by atoms with Crippen LogP contribution < -0.4 is 16.0 Å². The molecule has 2 aromatic heterocycles. The number of aromatic amines is 1. The van der Waals surface area contributed by atoms with Crippen molar-refractivity contribution in [2.75, 3.05) is 12.0 Å². The first-order valence-electron chi connectivity index (χ1n) is 9.06. The number of ether oxygens (including phenoxy) is 1. The molecule has 3 aromatic rings. The molecule has 10 heteroatoms. The number of rotatable bonds is 2. The van der Waals surface area contributed by atoms with E-state index in [1.54, 1.807) is 19.1 Å². The minimum atomic E-state index is -2.24. The Kier molecular flexibility index (Phi) is 3.81. The fraction of sp³-hybridized carbons (Fsp3) is 0.250. The van der Waals surface area contributed by atoms with E-state index in [2.05, 4.69) is 15.0 Å². The van der Waals surface area contributed by atoms with E-state index >= 15 is 0 Å². The van der Waals surface area contributed by atoms with E-state index < -0.39 is 34.4 Å². The molecule has 2 aliphatic rings. The lowest BCUT2D eigenvalue weighted by atomic mass is 9.73. The molecule has 0 fully saturated rings. The van der Waals surface area contributed by atoms with Gasteiger partial charge in [-0.2, -0.15) is 9.37 Å². The Morgan fingerprint density at radius 1 is 1.27 bits per heavy atom. The predicted molar refractivity (Wildman–Crippen MR) is 105 cm³/mol. The van der Waals surface area contributed by atoms with E-state index in [1.165, 1.54) is 11.8 Å². The summed E-state index contributed by atoms with van der Waals surface area (Å²) in [6, 6.07) is 7.63. The van der Waals surface area contributed by atoms with Crippen molar-refractivity contribution in [2.24, 2.45) is 0 Å². The summed E-state index contributed by atoms with van der Waals surface area (Å²) in [5, 5.41) is 12.1. The van der Waals surface area contributed by atoms with Gasteiger partial charge in [-0.3, -0.25) is 9.78 Å². The highest BCUT2D eigenvalue weighted by molar-refractivity contribution is 7.98. The minimum absolute atomic E-state index is 0.120. The van der Waals surface area contributed by atoms with Crippen LogP contribution in [0.15, 0.2) is 40.0 Å². The van der Waals surface area contributed by atoms with Crippen molar-refractivity contribution in [3.63, 3.8) is 0 Å². The molecule has 1 aliphatic heterocycles. The Hall–Kier alpha value is -2.98. The van der Waals surface area contributed by atoms with Crippen LogP contribution in [0.1, 0.15) is 35.2 Å². The van der Waals surface area contributed by atoms with Crippen molar-refractivity contribution >= 4 is 17.7 Å². The van der Waals surface area contributed by atoms with Gasteiger partial charge in [0.05, 0.1) is 11.3 Å². The summed E-state index contributed by atoms with van der Waals surface area (Å²) in [6.45, 7) is 1.66. The van der Waals surface area contributed by atoms with Gasteiger partial charge >= 0.3 is 0 Å². The summed E-state index contributed by atoms with van der Waals surface area (Å²) in [5.74, 6) is -3.55. The zero-order valence-corrected chi connectivity index (χ0v) is 16.7. The first-order valence-corrected chi connectivity index (χ1v) is 10.3. The number of aliphatic hydroxyl groups is 1. The number of pyridine rings is 1. The maximum atomic E-state index is 15.0. The van der Waals surface area contributed by atoms with Crippen LogP contribution in [0.4, 0.5) is 14.7 Å². The molecule has 30 heavy (non-hydrogen) atoms. The monoisotopic (exact) mass is 430 g/mol. The van der Waals surface area contributed by atoms with Crippen molar-refractivity contribution in [3.8, 4) is 5.88 Å². The number of fused-ring (bicyclic) bond motifs is 5. The lowest BCUT2D eigenvalue weighted by molar-refractivity contribution is -0.0958. The van der Waals surface area contributed by atoms with Gasteiger partial charge in [-0.1, -0.05) is 19.1 Å². The van der Waals surface area contributed by atoms with Gasteiger partial charge in [0, 0.05) is 22.4 Å². The lowest BCUT2D eigenvalue weighted by Crippen LogP contribution is -2.49. The Morgan fingerprint density at radius 2 is 1.97 bits per heavy atom. The molecular formula is C20H16F2N4O3S. The largest absolute Gasteiger partial charge is 0.461 e. The molecule has 3 atom stereocenters. The molecular weight excluding hydrogens is 414 g/mol. The summed E-state index contributed by atoms with van der Waals surface area (Å²) in [4.78, 5) is 23.9. The molecule has 0 radical (unpaired) electrons. The number of H-pyrrole nitrogens is 1. The fourth-order valence-corrected chi connectivity index (χ4v) is 5.12. The molecule has 0 saturated heterocycles. The number of hydrogen-bond acceptors (Lipinski definition) is 7. The average molecular weight is 430 g/mol. The van der Waals surface area contributed by atoms with Gasteiger partial charge in [0.15, 0.2) is 11.2 Å². The number of hydrogen-bond donors (Lipinski definition) is 3. The van der Waals surface area contributed by atoms with Crippen molar-refractivity contribution in [1.29, 1.82) is 0 Å². The van der Waals surface area contributed by atoms with Crippen LogP contribution >= 0.6 is 11.8 Å². The second kappa shape index (κ2) is 6.02. The molecule has 1 aromatic carbocycles. The quantitative estimate of drug-likeness (QED) is 0.422. The first kappa shape index (κ1) is 19.0. The topological polar surface area (TPSA) is 114 Å². The number of halogens is 2. The standard InChI is InChI=1S/C20H16F2N4O3S/c1-8-13-15(25-18(23)26-16(13)27)19(28)14-11(21)7-12(22)24-17(14)29-20(8,19)9-3-5-10(30-2)6-4-9/h3-8,28H,1-2H3,(H3,23,25,26,27)/t8-,19+,20-/m1/s1.